The molecule has 2 aromatic rings. The number of fused-ring (bicyclic) bond motifs is 4. The van der Waals surface area contributed by atoms with Gasteiger partial charge >= 0.3 is 0 Å². The van der Waals surface area contributed by atoms with Crippen molar-refractivity contribution in [2.24, 2.45) is 11.8 Å². The van der Waals surface area contributed by atoms with E-state index < -0.39 is 0 Å². The third-order valence-corrected chi connectivity index (χ3v) is 6.13. The predicted molar refractivity (Wildman–Crippen MR) is 101 cm³/mol. The van der Waals surface area contributed by atoms with Crippen LogP contribution >= 0.6 is 0 Å². The van der Waals surface area contributed by atoms with Gasteiger partial charge in [0.25, 0.3) is 0 Å². The largest absolute Gasteiger partial charge is 0.339 e. The van der Waals surface area contributed by atoms with Crippen LogP contribution in [-0.2, 0) is 11.3 Å². The Morgan fingerprint density at radius 3 is 2.70 bits per heavy atom. The highest BCUT2D eigenvalue weighted by Gasteiger charge is 2.38. The number of tetrazole rings is 1. The van der Waals surface area contributed by atoms with E-state index in [0.29, 0.717) is 17.8 Å². The van der Waals surface area contributed by atoms with Crippen LogP contribution in [-0.4, -0.2) is 68.1 Å². The van der Waals surface area contributed by atoms with Gasteiger partial charge in [-0.05, 0) is 42.7 Å². The molecule has 142 valence electrons. The molecule has 4 fully saturated rings. The SMILES string of the molecule is O=C(Cn1nnc(-c2ccccc2)n1)N1C[C@@H]2CC[C@H](C1)N(CC1CC1)C2. The maximum absolute atomic E-state index is 12.9. The summed E-state index contributed by atoms with van der Waals surface area (Å²) in [5.74, 6) is 2.19. The lowest BCUT2D eigenvalue weighted by atomic mass is 9.95. The number of hydrogen-bond donors (Lipinski definition) is 0. The van der Waals surface area contributed by atoms with E-state index in [0.717, 1.165) is 31.1 Å². The van der Waals surface area contributed by atoms with Crippen LogP contribution in [0.1, 0.15) is 25.7 Å². The van der Waals surface area contributed by atoms with Crippen molar-refractivity contribution in [3.05, 3.63) is 30.3 Å². The zero-order valence-electron chi connectivity index (χ0n) is 15.6. The molecular weight excluding hydrogens is 340 g/mol. The van der Waals surface area contributed by atoms with Crippen LogP contribution < -0.4 is 0 Å². The molecule has 4 aliphatic rings. The molecule has 0 N–H and O–H groups in total. The van der Waals surface area contributed by atoms with E-state index in [1.807, 2.05) is 35.2 Å². The number of rotatable bonds is 5. The lowest BCUT2D eigenvalue weighted by Gasteiger charge is -2.36. The molecule has 0 radical (unpaired) electrons. The molecule has 1 aromatic heterocycles. The lowest BCUT2D eigenvalue weighted by Crippen LogP contribution is -2.45. The Bertz CT molecular complexity index is 802. The summed E-state index contributed by atoms with van der Waals surface area (Å²) in [5, 5.41) is 12.6. The average Bonchev–Trinajstić information content (AvgIpc) is 3.46. The lowest BCUT2D eigenvalue weighted by molar-refractivity contribution is -0.132. The summed E-state index contributed by atoms with van der Waals surface area (Å²) in [7, 11) is 0. The number of piperidine rings is 1. The topological polar surface area (TPSA) is 67.2 Å². The van der Waals surface area contributed by atoms with Gasteiger partial charge < -0.3 is 4.90 Å². The van der Waals surface area contributed by atoms with Gasteiger partial charge in [0.2, 0.25) is 11.7 Å². The number of hydrogen-bond acceptors (Lipinski definition) is 5. The first kappa shape index (κ1) is 16.9. The Morgan fingerprint density at radius 2 is 1.89 bits per heavy atom. The molecule has 2 bridgehead atoms. The average molecular weight is 366 g/mol. The highest BCUT2D eigenvalue weighted by atomic mass is 16.2. The van der Waals surface area contributed by atoms with Crippen molar-refractivity contribution in [3.8, 4) is 11.4 Å². The van der Waals surface area contributed by atoms with Gasteiger partial charge in [-0.25, -0.2) is 0 Å². The highest BCUT2D eigenvalue weighted by Crippen LogP contribution is 2.34. The first-order valence-electron chi connectivity index (χ1n) is 10.1. The Kier molecular flexibility index (Phi) is 4.39. The van der Waals surface area contributed by atoms with Gasteiger partial charge in [0.1, 0.15) is 6.54 Å². The Labute approximate surface area is 159 Å². The number of carbonyl (C=O) groups is 1. The maximum Gasteiger partial charge on any atom is 0.246 e. The quantitative estimate of drug-likeness (QED) is 0.805. The summed E-state index contributed by atoms with van der Waals surface area (Å²) in [6, 6.07) is 10.3. The van der Waals surface area contributed by atoms with Crippen LogP contribution in [0.15, 0.2) is 30.3 Å². The monoisotopic (exact) mass is 366 g/mol. The molecular formula is C20H26N6O. The van der Waals surface area contributed by atoms with Crippen LogP contribution in [0.2, 0.25) is 0 Å². The fourth-order valence-corrected chi connectivity index (χ4v) is 4.47. The third-order valence-electron chi connectivity index (χ3n) is 6.13. The first-order valence-corrected chi connectivity index (χ1v) is 10.1. The van der Waals surface area contributed by atoms with Crippen LogP contribution in [0.25, 0.3) is 11.4 Å². The first-order chi connectivity index (χ1) is 13.2. The molecule has 0 spiro atoms. The molecule has 4 heterocycles. The van der Waals surface area contributed by atoms with E-state index in [-0.39, 0.29) is 12.5 Å². The second kappa shape index (κ2) is 7.03. The number of amides is 1. The summed E-state index contributed by atoms with van der Waals surface area (Å²) in [6.07, 6.45) is 5.24. The summed E-state index contributed by atoms with van der Waals surface area (Å²) in [5.41, 5.74) is 0.916. The van der Waals surface area contributed by atoms with Crippen LogP contribution in [0.4, 0.5) is 0 Å². The van der Waals surface area contributed by atoms with Crippen molar-refractivity contribution in [2.45, 2.75) is 38.3 Å². The Balaban J connectivity index is 1.24. The molecule has 1 aliphatic carbocycles. The number of aromatic nitrogens is 4. The zero-order chi connectivity index (χ0) is 18.2. The second-order valence-electron chi connectivity index (χ2n) is 8.30. The molecule has 0 unspecified atom stereocenters. The van der Waals surface area contributed by atoms with E-state index in [4.69, 9.17) is 0 Å². The van der Waals surface area contributed by atoms with E-state index >= 15 is 0 Å². The molecule has 7 nitrogen and oxygen atoms in total. The molecule has 1 aromatic carbocycles. The van der Waals surface area contributed by atoms with Gasteiger partial charge in [-0.2, -0.15) is 4.80 Å². The summed E-state index contributed by atoms with van der Waals surface area (Å²) >= 11 is 0. The fourth-order valence-electron chi connectivity index (χ4n) is 4.47. The smallest absolute Gasteiger partial charge is 0.246 e. The van der Waals surface area contributed by atoms with E-state index in [1.54, 1.807) is 0 Å². The molecule has 2 atom stereocenters. The van der Waals surface area contributed by atoms with E-state index in [2.05, 4.69) is 20.3 Å². The minimum Gasteiger partial charge on any atom is -0.339 e. The molecule has 7 heteroatoms. The Hall–Kier alpha value is -2.28. The molecule has 27 heavy (non-hydrogen) atoms. The molecule has 6 rings (SSSR count). The fraction of sp³-hybridized carbons (Fsp3) is 0.600. The maximum atomic E-state index is 12.9. The van der Waals surface area contributed by atoms with Crippen LogP contribution in [0.5, 0.6) is 0 Å². The second-order valence-corrected chi connectivity index (χ2v) is 8.30. The minimum atomic E-state index is 0.109. The summed E-state index contributed by atoms with van der Waals surface area (Å²) < 4.78 is 0. The van der Waals surface area contributed by atoms with Crippen molar-refractivity contribution in [2.75, 3.05) is 26.2 Å². The van der Waals surface area contributed by atoms with E-state index in [1.165, 1.54) is 37.0 Å². The third kappa shape index (κ3) is 3.74. The van der Waals surface area contributed by atoms with Crippen molar-refractivity contribution in [3.63, 3.8) is 0 Å². The minimum absolute atomic E-state index is 0.109. The van der Waals surface area contributed by atoms with Gasteiger partial charge in [-0.15, -0.1) is 10.2 Å². The molecule has 1 amide bonds. The van der Waals surface area contributed by atoms with Crippen molar-refractivity contribution < 1.29 is 4.79 Å². The summed E-state index contributed by atoms with van der Waals surface area (Å²) in [6.45, 7) is 4.28. The molecule has 1 saturated carbocycles. The highest BCUT2D eigenvalue weighted by molar-refractivity contribution is 5.76. The van der Waals surface area contributed by atoms with Crippen LogP contribution in [0.3, 0.4) is 0 Å². The van der Waals surface area contributed by atoms with Gasteiger partial charge in [0, 0.05) is 37.8 Å². The number of carbonyl (C=O) groups excluding carboxylic acids is 1. The van der Waals surface area contributed by atoms with Crippen LogP contribution in [0, 0.1) is 11.8 Å². The van der Waals surface area contributed by atoms with Crippen molar-refractivity contribution in [1.29, 1.82) is 0 Å². The van der Waals surface area contributed by atoms with Crippen molar-refractivity contribution in [1.82, 2.24) is 30.0 Å². The van der Waals surface area contributed by atoms with Gasteiger partial charge in [-0.1, -0.05) is 30.3 Å². The predicted octanol–water partition coefficient (Wildman–Crippen LogP) is 1.67. The van der Waals surface area contributed by atoms with Crippen molar-refractivity contribution >= 4 is 5.91 Å². The number of nitrogens with zero attached hydrogens (tertiary/aromatic N) is 6. The van der Waals surface area contributed by atoms with Gasteiger partial charge in [0.05, 0.1) is 0 Å². The molecule has 3 saturated heterocycles. The van der Waals surface area contributed by atoms with E-state index in [9.17, 15) is 4.79 Å². The normalized spacial score (nSPS) is 25.6. The molecule has 3 aliphatic heterocycles. The standard InChI is InChI=1S/C20H26N6O/c27-19(14-26-22-20(21-23-26)17-4-2-1-3-5-17)25-12-16-8-9-18(13-25)24(11-16)10-15-6-7-15/h1-5,15-16,18H,6-14H2/t16-,18-/m1/s1. The van der Waals surface area contributed by atoms with Gasteiger partial charge in [-0.3, -0.25) is 9.69 Å². The number of benzene rings is 1. The van der Waals surface area contributed by atoms with Gasteiger partial charge in [0.15, 0.2) is 0 Å². The summed E-state index contributed by atoms with van der Waals surface area (Å²) in [4.78, 5) is 19.0. The zero-order valence-corrected chi connectivity index (χ0v) is 15.6. The Morgan fingerprint density at radius 1 is 1.04 bits per heavy atom.